The molecule has 1 amide bonds. The summed E-state index contributed by atoms with van der Waals surface area (Å²) in [5, 5.41) is 2.60. The monoisotopic (exact) mass is 384 g/mol. The van der Waals surface area contributed by atoms with Gasteiger partial charge in [0.15, 0.2) is 0 Å². The number of pyridine rings is 1. The van der Waals surface area contributed by atoms with Gasteiger partial charge in [-0.3, -0.25) is 4.79 Å². The summed E-state index contributed by atoms with van der Waals surface area (Å²) >= 11 is 0. The van der Waals surface area contributed by atoms with Crippen molar-refractivity contribution in [3.8, 4) is 11.6 Å². The SMILES string of the molecule is O=C(/C=C/c1c(F)cccc1F)NCc1ccnc(Oc2ccc(F)cc2)c1. The molecule has 3 rings (SSSR count). The Morgan fingerprint density at radius 1 is 1.04 bits per heavy atom. The van der Waals surface area contributed by atoms with E-state index in [1.807, 2.05) is 0 Å². The normalized spacial score (nSPS) is 10.8. The zero-order valence-corrected chi connectivity index (χ0v) is 14.5. The quantitative estimate of drug-likeness (QED) is 0.631. The summed E-state index contributed by atoms with van der Waals surface area (Å²) in [5.74, 6) is -1.69. The maximum absolute atomic E-state index is 13.5. The van der Waals surface area contributed by atoms with Crippen LogP contribution in [0.1, 0.15) is 11.1 Å². The van der Waals surface area contributed by atoms with E-state index in [4.69, 9.17) is 4.74 Å². The second-order valence-electron chi connectivity index (χ2n) is 5.74. The van der Waals surface area contributed by atoms with E-state index in [-0.39, 0.29) is 23.8 Å². The topological polar surface area (TPSA) is 51.2 Å². The van der Waals surface area contributed by atoms with E-state index in [9.17, 15) is 18.0 Å². The number of nitrogens with one attached hydrogen (secondary N) is 1. The van der Waals surface area contributed by atoms with Gasteiger partial charge in [-0.15, -0.1) is 0 Å². The van der Waals surface area contributed by atoms with Crippen molar-refractivity contribution >= 4 is 12.0 Å². The Labute approximate surface area is 159 Å². The van der Waals surface area contributed by atoms with E-state index < -0.39 is 17.5 Å². The van der Waals surface area contributed by atoms with Gasteiger partial charge in [0.2, 0.25) is 11.8 Å². The van der Waals surface area contributed by atoms with Gasteiger partial charge in [0.1, 0.15) is 23.2 Å². The first-order valence-corrected chi connectivity index (χ1v) is 8.29. The largest absolute Gasteiger partial charge is 0.439 e. The Morgan fingerprint density at radius 3 is 2.46 bits per heavy atom. The first-order chi connectivity index (χ1) is 13.5. The predicted octanol–water partition coefficient (Wildman–Crippen LogP) is 4.62. The number of hydrogen-bond acceptors (Lipinski definition) is 3. The summed E-state index contributed by atoms with van der Waals surface area (Å²) in [5.41, 5.74) is 0.419. The molecular formula is C21H15F3N2O2. The highest BCUT2D eigenvalue weighted by molar-refractivity contribution is 5.91. The summed E-state index contributed by atoms with van der Waals surface area (Å²) in [6, 6.07) is 12.2. The van der Waals surface area contributed by atoms with Crippen LogP contribution in [-0.4, -0.2) is 10.9 Å². The van der Waals surface area contributed by atoms with Crippen LogP contribution in [0.4, 0.5) is 13.2 Å². The maximum atomic E-state index is 13.5. The molecule has 0 fully saturated rings. The van der Waals surface area contributed by atoms with E-state index in [0.717, 1.165) is 24.3 Å². The molecule has 0 aliphatic carbocycles. The lowest BCUT2D eigenvalue weighted by Crippen LogP contribution is -2.20. The number of ether oxygens (including phenoxy) is 1. The number of carbonyl (C=O) groups excluding carboxylic acids is 1. The molecular weight excluding hydrogens is 369 g/mol. The van der Waals surface area contributed by atoms with Crippen LogP contribution in [0.15, 0.2) is 66.9 Å². The van der Waals surface area contributed by atoms with Crippen LogP contribution in [0.25, 0.3) is 6.08 Å². The lowest BCUT2D eigenvalue weighted by molar-refractivity contribution is -0.116. The molecule has 0 atom stereocenters. The molecule has 7 heteroatoms. The molecule has 0 unspecified atom stereocenters. The van der Waals surface area contributed by atoms with Crippen molar-refractivity contribution in [2.24, 2.45) is 0 Å². The number of carbonyl (C=O) groups is 1. The predicted molar refractivity (Wildman–Crippen MR) is 97.9 cm³/mol. The first-order valence-electron chi connectivity index (χ1n) is 8.29. The molecule has 28 heavy (non-hydrogen) atoms. The summed E-state index contributed by atoms with van der Waals surface area (Å²) in [7, 11) is 0. The lowest BCUT2D eigenvalue weighted by Gasteiger charge is -2.07. The van der Waals surface area contributed by atoms with E-state index >= 15 is 0 Å². The van der Waals surface area contributed by atoms with Crippen LogP contribution in [0.3, 0.4) is 0 Å². The zero-order chi connectivity index (χ0) is 19.9. The van der Waals surface area contributed by atoms with Crippen LogP contribution < -0.4 is 10.1 Å². The molecule has 1 aromatic heterocycles. The Bertz CT molecular complexity index is 985. The van der Waals surface area contributed by atoms with Crippen LogP contribution in [-0.2, 0) is 11.3 Å². The summed E-state index contributed by atoms with van der Waals surface area (Å²) in [6.45, 7) is 0.158. The molecule has 0 aliphatic heterocycles. The molecule has 142 valence electrons. The van der Waals surface area contributed by atoms with Gasteiger partial charge >= 0.3 is 0 Å². The van der Waals surface area contributed by atoms with E-state index in [1.54, 1.807) is 12.1 Å². The van der Waals surface area contributed by atoms with Gasteiger partial charge in [0.25, 0.3) is 0 Å². The average Bonchev–Trinajstić information content (AvgIpc) is 2.68. The van der Waals surface area contributed by atoms with Gasteiger partial charge in [0, 0.05) is 30.4 Å². The van der Waals surface area contributed by atoms with Crippen molar-refractivity contribution < 1.29 is 22.7 Å². The Hall–Kier alpha value is -3.61. The molecule has 0 bridgehead atoms. The fraction of sp³-hybridized carbons (Fsp3) is 0.0476. The number of hydrogen-bond donors (Lipinski definition) is 1. The zero-order valence-electron chi connectivity index (χ0n) is 14.5. The Balaban J connectivity index is 1.59. The number of halogens is 3. The summed E-state index contributed by atoms with van der Waals surface area (Å²) in [6.07, 6.45) is 3.64. The maximum Gasteiger partial charge on any atom is 0.244 e. The van der Waals surface area contributed by atoms with E-state index in [0.29, 0.717) is 11.3 Å². The number of benzene rings is 2. The van der Waals surface area contributed by atoms with Crippen LogP contribution in [0, 0.1) is 17.5 Å². The van der Waals surface area contributed by atoms with Crippen molar-refractivity contribution in [2.45, 2.75) is 6.54 Å². The summed E-state index contributed by atoms with van der Waals surface area (Å²) < 4.78 is 45.5. The van der Waals surface area contributed by atoms with E-state index in [2.05, 4.69) is 10.3 Å². The van der Waals surface area contributed by atoms with E-state index in [1.165, 1.54) is 36.5 Å². The number of amides is 1. The minimum absolute atomic E-state index is 0.158. The van der Waals surface area contributed by atoms with Crippen LogP contribution >= 0.6 is 0 Å². The Morgan fingerprint density at radius 2 is 1.75 bits per heavy atom. The number of aromatic nitrogens is 1. The van der Waals surface area contributed by atoms with Crippen LogP contribution in [0.2, 0.25) is 0 Å². The number of rotatable bonds is 6. The average molecular weight is 384 g/mol. The lowest BCUT2D eigenvalue weighted by atomic mass is 10.2. The minimum atomic E-state index is -0.749. The van der Waals surface area contributed by atoms with Gasteiger partial charge in [0.05, 0.1) is 0 Å². The molecule has 0 aliphatic rings. The highest BCUT2D eigenvalue weighted by Crippen LogP contribution is 2.20. The molecule has 3 aromatic rings. The second-order valence-corrected chi connectivity index (χ2v) is 5.74. The smallest absolute Gasteiger partial charge is 0.244 e. The second kappa shape index (κ2) is 8.85. The molecule has 4 nitrogen and oxygen atoms in total. The molecule has 0 saturated heterocycles. The third-order valence-corrected chi connectivity index (χ3v) is 3.70. The third kappa shape index (κ3) is 5.20. The van der Waals surface area contributed by atoms with Crippen molar-refractivity contribution in [1.29, 1.82) is 0 Å². The number of nitrogens with zero attached hydrogens (tertiary/aromatic N) is 1. The van der Waals surface area contributed by atoms with Crippen molar-refractivity contribution in [1.82, 2.24) is 10.3 Å². The van der Waals surface area contributed by atoms with Gasteiger partial charge in [-0.1, -0.05) is 6.07 Å². The molecule has 0 spiro atoms. The fourth-order valence-corrected chi connectivity index (χ4v) is 2.32. The fourth-order valence-electron chi connectivity index (χ4n) is 2.32. The molecule has 0 saturated carbocycles. The van der Waals surface area contributed by atoms with Crippen molar-refractivity contribution in [3.63, 3.8) is 0 Å². The standard InChI is InChI=1S/C21H15F3N2O2/c22-15-4-6-16(7-5-15)28-21-12-14(10-11-25-21)13-26-20(27)9-8-17-18(23)2-1-3-19(17)24/h1-12H,13H2,(H,26,27)/b9-8+. The Kier molecular flexibility index (Phi) is 6.06. The van der Waals surface area contributed by atoms with Gasteiger partial charge in [-0.25, -0.2) is 18.2 Å². The van der Waals surface area contributed by atoms with Gasteiger partial charge in [-0.2, -0.15) is 0 Å². The van der Waals surface area contributed by atoms with Crippen molar-refractivity contribution in [3.05, 3.63) is 95.4 Å². The molecule has 2 aromatic carbocycles. The van der Waals surface area contributed by atoms with Gasteiger partial charge in [-0.05, 0) is 54.1 Å². The highest BCUT2D eigenvalue weighted by Gasteiger charge is 2.06. The molecule has 1 heterocycles. The minimum Gasteiger partial charge on any atom is -0.439 e. The van der Waals surface area contributed by atoms with Crippen LogP contribution in [0.5, 0.6) is 11.6 Å². The molecule has 0 radical (unpaired) electrons. The van der Waals surface area contributed by atoms with Crippen molar-refractivity contribution in [2.75, 3.05) is 0 Å². The van der Waals surface area contributed by atoms with Gasteiger partial charge < -0.3 is 10.1 Å². The third-order valence-electron chi connectivity index (χ3n) is 3.70. The highest BCUT2D eigenvalue weighted by atomic mass is 19.1. The first kappa shape index (κ1) is 19.2. The molecule has 1 N–H and O–H groups in total. The summed E-state index contributed by atoms with van der Waals surface area (Å²) in [4.78, 5) is 15.9.